The summed E-state index contributed by atoms with van der Waals surface area (Å²) in [5.41, 5.74) is 0.855. The van der Waals surface area contributed by atoms with Gasteiger partial charge in [-0.05, 0) is 23.3 Å². The SMILES string of the molecule is COC(=O)[C@@]1(Cc2ccccc2)N[C@@H](c2ccccc2)[C@H]2C(=O)N(c3ccccc3)C(=O)[C@H]21. The summed E-state index contributed by atoms with van der Waals surface area (Å²) in [5.74, 6) is -2.87. The molecule has 33 heavy (non-hydrogen) atoms. The van der Waals surface area contributed by atoms with Crippen LogP contribution in [0.2, 0.25) is 0 Å². The zero-order valence-corrected chi connectivity index (χ0v) is 18.2. The zero-order chi connectivity index (χ0) is 23.0. The van der Waals surface area contributed by atoms with Crippen molar-refractivity contribution in [3.8, 4) is 0 Å². The van der Waals surface area contributed by atoms with E-state index in [9.17, 15) is 14.4 Å². The van der Waals surface area contributed by atoms with Crippen LogP contribution >= 0.6 is 0 Å². The van der Waals surface area contributed by atoms with Gasteiger partial charge in [-0.3, -0.25) is 19.7 Å². The lowest BCUT2D eigenvalue weighted by atomic mass is 9.76. The fourth-order valence-electron chi connectivity index (χ4n) is 5.30. The summed E-state index contributed by atoms with van der Waals surface area (Å²) >= 11 is 0. The number of nitrogens with zero attached hydrogens (tertiary/aromatic N) is 1. The van der Waals surface area contributed by atoms with Gasteiger partial charge in [-0.15, -0.1) is 0 Å². The predicted octanol–water partition coefficient (Wildman–Crippen LogP) is 3.29. The highest BCUT2D eigenvalue weighted by atomic mass is 16.5. The van der Waals surface area contributed by atoms with Crippen LogP contribution < -0.4 is 10.2 Å². The van der Waals surface area contributed by atoms with E-state index in [1.165, 1.54) is 12.0 Å². The van der Waals surface area contributed by atoms with E-state index in [1.807, 2.05) is 66.7 Å². The van der Waals surface area contributed by atoms with Crippen LogP contribution in [0.15, 0.2) is 91.0 Å². The second-order valence-corrected chi connectivity index (χ2v) is 8.51. The number of esters is 1. The third kappa shape index (κ3) is 3.34. The zero-order valence-electron chi connectivity index (χ0n) is 18.2. The van der Waals surface area contributed by atoms with E-state index in [1.54, 1.807) is 24.3 Å². The maximum atomic E-state index is 13.9. The van der Waals surface area contributed by atoms with E-state index in [-0.39, 0.29) is 18.2 Å². The Morgan fingerprint density at radius 3 is 2.06 bits per heavy atom. The Bertz CT molecular complexity index is 1180. The second kappa shape index (κ2) is 8.30. The van der Waals surface area contributed by atoms with Crippen molar-refractivity contribution in [3.63, 3.8) is 0 Å². The Balaban J connectivity index is 1.67. The summed E-state index contributed by atoms with van der Waals surface area (Å²) in [6, 6.07) is 27.3. The number of carbonyl (C=O) groups is 3. The minimum absolute atomic E-state index is 0.229. The van der Waals surface area contributed by atoms with E-state index in [0.29, 0.717) is 5.69 Å². The van der Waals surface area contributed by atoms with Gasteiger partial charge >= 0.3 is 5.97 Å². The highest BCUT2D eigenvalue weighted by Crippen LogP contribution is 2.51. The summed E-state index contributed by atoms with van der Waals surface area (Å²) in [4.78, 5) is 42.2. The van der Waals surface area contributed by atoms with Gasteiger partial charge in [-0.2, -0.15) is 0 Å². The number of rotatable bonds is 5. The standard InChI is InChI=1S/C27H24N2O4/c1-33-26(32)27(17-18-11-5-2-6-12-18)22-21(23(28-27)19-13-7-3-8-14-19)24(30)29(25(22)31)20-15-9-4-10-16-20/h2-16,21-23,28H,17H2,1H3/t21-,22-,23-,27-/m0/s1. The molecule has 6 heteroatoms. The molecule has 2 heterocycles. The number of ether oxygens (including phenoxy) is 1. The van der Waals surface area contributed by atoms with Gasteiger partial charge in [0.2, 0.25) is 11.8 Å². The smallest absolute Gasteiger partial charge is 0.327 e. The number of amides is 2. The molecule has 4 atom stereocenters. The van der Waals surface area contributed by atoms with Gasteiger partial charge < -0.3 is 4.74 Å². The summed E-state index contributed by atoms with van der Waals surface area (Å²) in [6.45, 7) is 0. The van der Waals surface area contributed by atoms with E-state index in [4.69, 9.17) is 4.74 Å². The number of para-hydroxylation sites is 1. The molecule has 0 spiro atoms. The van der Waals surface area contributed by atoms with E-state index >= 15 is 0 Å². The number of benzene rings is 3. The molecule has 6 nitrogen and oxygen atoms in total. The third-order valence-electron chi connectivity index (χ3n) is 6.70. The molecule has 1 N–H and O–H groups in total. The molecule has 0 saturated carbocycles. The first-order valence-corrected chi connectivity index (χ1v) is 10.9. The Labute approximate surface area is 192 Å². The topological polar surface area (TPSA) is 75.7 Å². The number of anilines is 1. The highest BCUT2D eigenvalue weighted by molar-refractivity contribution is 6.24. The van der Waals surface area contributed by atoms with Gasteiger partial charge in [0.15, 0.2) is 0 Å². The Hall–Kier alpha value is -3.77. The second-order valence-electron chi connectivity index (χ2n) is 8.51. The molecule has 2 amide bonds. The maximum Gasteiger partial charge on any atom is 0.327 e. The molecule has 2 aliphatic heterocycles. The average molecular weight is 440 g/mol. The number of hydrogen-bond donors (Lipinski definition) is 1. The lowest BCUT2D eigenvalue weighted by Crippen LogP contribution is -2.57. The van der Waals surface area contributed by atoms with E-state index in [2.05, 4.69) is 5.32 Å². The number of fused-ring (bicyclic) bond motifs is 1. The first-order chi connectivity index (χ1) is 16.1. The molecular formula is C27H24N2O4. The fourth-order valence-corrected chi connectivity index (χ4v) is 5.30. The molecule has 0 radical (unpaired) electrons. The van der Waals surface area contributed by atoms with Gasteiger partial charge in [0.25, 0.3) is 0 Å². The number of methoxy groups -OCH3 is 1. The van der Waals surface area contributed by atoms with Crippen molar-refractivity contribution in [3.05, 3.63) is 102 Å². The van der Waals surface area contributed by atoms with Crippen LogP contribution in [-0.4, -0.2) is 30.4 Å². The van der Waals surface area contributed by atoms with Crippen molar-refractivity contribution in [1.29, 1.82) is 0 Å². The van der Waals surface area contributed by atoms with Crippen LogP contribution in [0.1, 0.15) is 17.2 Å². The van der Waals surface area contributed by atoms with E-state index < -0.39 is 29.4 Å². The van der Waals surface area contributed by atoms with Gasteiger partial charge in [0.05, 0.1) is 24.6 Å². The third-order valence-corrected chi connectivity index (χ3v) is 6.70. The van der Waals surface area contributed by atoms with Crippen molar-refractivity contribution in [2.24, 2.45) is 11.8 Å². The van der Waals surface area contributed by atoms with Crippen LogP contribution in [0.3, 0.4) is 0 Å². The predicted molar refractivity (Wildman–Crippen MR) is 123 cm³/mol. The van der Waals surface area contributed by atoms with Crippen molar-refractivity contribution >= 4 is 23.5 Å². The van der Waals surface area contributed by atoms with Gasteiger partial charge in [0, 0.05) is 12.5 Å². The first kappa shape index (κ1) is 21.1. The Kier molecular flexibility index (Phi) is 5.30. The van der Waals surface area contributed by atoms with Crippen molar-refractivity contribution in [2.75, 3.05) is 12.0 Å². The molecule has 5 rings (SSSR count). The molecule has 166 valence electrons. The quantitative estimate of drug-likeness (QED) is 0.487. The van der Waals surface area contributed by atoms with Gasteiger partial charge in [-0.25, -0.2) is 4.90 Å². The van der Waals surface area contributed by atoms with Crippen LogP contribution in [-0.2, 0) is 25.5 Å². The van der Waals surface area contributed by atoms with Crippen molar-refractivity contribution < 1.29 is 19.1 Å². The molecule has 3 aromatic carbocycles. The number of nitrogens with one attached hydrogen (secondary N) is 1. The van der Waals surface area contributed by atoms with Crippen LogP contribution in [0.4, 0.5) is 5.69 Å². The highest BCUT2D eigenvalue weighted by Gasteiger charge is 2.68. The minimum atomic E-state index is -1.38. The number of imide groups is 1. The van der Waals surface area contributed by atoms with Gasteiger partial charge in [0.1, 0.15) is 5.54 Å². The summed E-state index contributed by atoms with van der Waals surface area (Å²) in [7, 11) is 1.32. The average Bonchev–Trinajstić information content (AvgIpc) is 3.34. The molecule has 0 unspecified atom stereocenters. The van der Waals surface area contributed by atoms with Crippen LogP contribution in [0.25, 0.3) is 0 Å². The first-order valence-electron chi connectivity index (χ1n) is 10.9. The lowest BCUT2D eigenvalue weighted by Gasteiger charge is -2.32. The fraction of sp³-hybridized carbons (Fsp3) is 0.222. The molecule has 2 fully saturated rings. The van der Waals surface area contributed by atoms with Crippen LogP contribution in [0.5, 0.6) is 0 Å². The van der Waals surface area contributed by atoms with Crippen molar-refractivity contribution in [2.45, 2.75) is 18.0 Å². The van der Waals surface area contributed by atoms with Crippen LogP contribution in [0, 0.1) is 11.8 Å². The normalized spacial score (nSPS) is 26.3. The maximum absolute atomic E-state index is 13.9. The molecule has 3 aromatic rings. The number of carbonyl (C=O) groups excluding carboxylic acids is 3. The molecule has 0 aromatic heterocycles. The lowest BCUT2D eigenvalue weighted by molar-refractivity contribution is -0.152. The minimum Gasteiger partial charge on any atom is -0.468 e. The Morgan fingerprint density at radius 2 is 1.45 bits per heavy atom. The van der Waals surface area contributed by atoms with Gasteiger partial charge in [-0.1, -0.05) is 78.9 Å². The monoisotopic (exact) mass is 440 g/mol. The van der Waals surface area contributed by atoms with E-state index in [0.717, 1.165) is 11.1 Å². The largest absolute Gasteiger partial charge is 0.468 e. The molecule has 0 bridgehead atoms. The molecular weight excluding hydrogens is 416 g/mol. The molecule has 2 aliphatic rings. The molecule has 2 saturated heterocycles. The Morgan fingerprint density at radius 1 is 0.879 bits per heavy atom. The summed E-state index contributed by atoms with van der Waals surface area (Å²) in [6.07, 6.45) is 0.229. The van der Waals surface area contributed by atoms with Crippen molar-refractivity contribution in [1.82, 2.24) is 5.32 Å². The number of hydrogen-bond acceptors (Lipinski definition) is 5. The molecule has 0 aliphatic carbocycles. The summed E-state index contributed by atoms with van der Waals surface area (Å²) in [5, 5.41) is 3.41. The summed E-state index contributed by atoms with van der Waals surface area (Å²) < 4.78 is 5.24.